The van der Waals surface area contributed by atoms with Crippen molar-refractivity contribution in [2.24, 2.45) is 17.6 Å². The molecule has 3 N–H and O–H groups in total. The van der Waals surface area contributed by atoms with Crippen LogP contribution in [0.15, 0.2) is 0 Å². The van der Waals surface area contributed by atoms with Gasteiger partial charge in [-0.1, -0.05) is 39.5 Å². The third-order valence-corrected chi connectivity index (χ3v) is 4.19. The van der Waals surface area contributed by atoms with Crippen molar-refractivity contribution in [3.05, 3.63) is 0 Å². The molecular weight excluding hydrogens is 212 g/mol. The summed E-state index contributed by atoms with van der Waals surface area (Å²) >= 11 is 0. The molecular formula is C14H28N2O. The second-order valence-corrected chi connectivity index (χ2v) is 5.34. The van der Waals surface area contributed by atoms with E-state index in [4.69, 9.17) is 5.73 Å². The van der Waals surface area contributed by atoms with Crippen molar-refractivity contribution in [1.82, 2.24) is 5.32 Å². The lowest BCUT2D eigenvalue weighted by atomic mass is 9.84. The molecule has 1 saturated carbocycles. The van der Waals surface area contributed by atoms with E-state index in [0.717, 1.165) is 19.3 Å². The van der Waals surface area contributed by atoms with E-state index < -0.39 is 0 Å². The molecule has 2 unspecified atom stereocenters. The van der Waals surface area contributed by atoms with Crippen LogP contribution in [-0.2, 0) is 4.79 Å². The fourth-order valence-corrected chi connectivity index (χ4v) is 2.79. The molecule has 0 aliphatic heterocycles. The van der Waals surface area contributed by atoms with Crippen molar-refractivity contribution in [3.8, 4) is 0 Å². The highest BCUT2D eigenvalue weighted by Gasteiger charge is 2.25. The van der Waals surface area contributed by atoms with Gasteiger partial charge in [0.15, 0.2) is 0 Å². The molecule has 0 heterocycles. The molecule has 3 nitrogen and oxygen atoms in total. The summed E-state index contributed by atoms with van der Waals surface area (Å²) in [5.41, 5.74) is 5.77. The van der Waals surface area contributed by atoms with E-state index in [1.165, 1.54) is 19.3 Å². The number of nitrogens with two attached hydrogens (primary N) is 1. The van der Waals surface area contributed by atoms with E-state index in [1.807, 2.05) is 0 Å². The van der Waals surface area contributed by atoms with Crippen LogP contribution >= 0.6 is 0 Å². The zero-order valence-corrected chi connectivity index (χ0v) is 11.4. The van der Waals surface area contributed by atoms with Gasteiger partial charge in [-0.2, -0.15) is 0 Å². The summed E-state index contributed by atoms with van der Waals surface area (Å²) in [7, 11) is 0. The van der Waals surface area contributed by atoms with Crippen molar-refractivity contribution in [2.45, 2.75) is 64.8 Å². The molecule has 17 heavy (non-hydrogen) atoms. The monoisotopic (exact) mass is 240 g/mol. The van der Waals surface area contributed by atoms with E-state index in [-0.39, 0.29) is 5.91 Å². The molecule has 1 aliphatic rings. The van der Waals surface area contributed by atoms with Crippen molar-refractivity contribution in [3.63, 3.8) is 0 Å². The predicted octanol–water partition coefficient (Wildman–Crippen LogP) is 2.45. The summed E-state index contributed by atoms with van der Waals surface area (Å²) in [6.07, 6.45) is 7.64. The lowest BCUT2D eigenvalue weighted by Gasteiger charge is -2.31. The van der Waals surface area contributed by atoms with Gasteiger partial charge in [-0.05, 0) is 31.2 Å². The first-order valence-electron chi connectivity index (χ1n) is 7.20. The fourth-order valence-electron chi connectivity index (χ4n) is 2.79. The second kappa shape index (κ2) is 7.70. The van der Waals surface area contributed by atoms with Crippen LogP contribution in [-0.4, -0.2) is 18.5 Å². The number of rotatable bonds is 6. The number of nitrogens with one attached hydrogen (secondary N) is 1. The van der Waals surface area contributed by atoms with Crippen LogP contribution in [0.2, 0.25) is 0 Å². The van der Waals surface area contributed by atoms with Gasteiger partial charge < -0.3 is 11.1 Å². The standard InChI is InChI=1S/C14H28N2O/c1-3-11(4-2)9-14(17)16-13-8-6-5-7-12(13)10-15/h11-13H,3-10,15H2,1-2H3,(H,16,17). The average Bonchev–Trinajstić information content (AvgIpc) is 2.36. The highest BCUT2D eigenvalue weighted by atomic mass is 16.1. The SMILES string of the molecule is CCC(CC)CC(=O)NC1CCCCC1CN. The molecule has 0 aromatic heterocycles. The van der Waals surface area contributed by atoms with E-state index in [9.17, 15) is 4.79 Å². The average molecular weight is 240 g/mol. The van der Waals surface area contributed by atoms with Crippen molar-refractivity contribution < 1.29 is 4.79 Å². The normalized spacial score (nSPS) is 24.9. The lowest BCUT2D eigenvalue weighted by Crippen LogP contribution is -2.45. The van der Waals surface area contributed by atoms with Crippen LogP contribution in [0.4, 0.5) is 0 Å². The van der Waals surface area contributed by atoms with Crippen LogP contribution in [0, 0.1) is 11.8 Å². The quantitative estimate of drug-likeness (QED) is 0.749. The lowest BCUT2D eigenvalue weighted by molar-refractivity contribution is -0.123. The van der Waals surface area contributed by atoms with E-state index >= 15 is 0 Å². The maximum absolute atomic E-state index is 11.9. The Bertz CT molecular complexity index is 226. The molecule has 1 rings (SSSR count). The number of amides is 1. The van der Waals surface area contributed by atoms with Gasteiger partial charge in [-0.3, -0.25) is 4.79 Å². The maximum Gasteiger partial charge on any atom is 0.220 e. The Morgan fingerprint density at radius 3 is 2.53 bits per heavy atom. The Hall–Kier alpha value is -0.570. The Kier molecular flexibility index (Phi) is 6.56. The van der Waals surface area contributed by atoms with E-state index in [0.29, 0.717) is 30.8 Å². The van der Waals surface area contributed by atoms with E-state index in [2.05, 4.69) is 19.2 Å². The Labute approximate surface area is 106 Å². The zero-order chi connectivity index (χ0) is 12.7. The molecule has 100 valence electrons. The maximum atomic E-state index is 11.9. The molecule has 3 heteroatoms. The molecule has 2 atom stereocenters. The summed E-state index contributed by atoms with van der Waals surface area (Å²) in [6.45, 7) is 5.02. The zero-order valence-electron chi connectivity index (χ0n) is 11.4. The van der Waals surface area contributed by atoms with Crippen molar-refractivity contribution >= 4 is 5.91 Å². The van der Waals surface area contributed by atoms with Gasteiger partial charge in [0.2, 0.25) is 5.91 Å². The minimum Gasteiger partial charge on any atom is -0.353 e. The minimum absolute atomic E-state index is 0.226. The first-order valence-corrected chi connectivity index (χ1v) is 7.20. The summed E-state index contributed by atoms with van der Waals surface area (Å²) in [6, 6.07) is 0.329. The Balaban J connectivity index is 2.38. The molecule has 0 aromatic rings. The van der Waals surface area contributed by atoms with Gasteiger partial charge in [-0.15, -0.1) is 0 Å². The fraction of sp³-hybridized carbons (Fsp3) is 0.929. The van der Waals surface area contributed by atoms with Crippen LogP contribution in [0.1, 0.15) is 58.8 Å². The van der Waals surface area contributed by atoms with Gasteiger partial charge >= 0.3 is 0 Å². The molecule has 0 bridgehead atoms. The largest absolute Gasteiger partial charge is 0.353 e. The topological polar surface area (TPSA) is 55.1 Å². The van der Waals surface area contributed by atoms with E-state index in [1.54, 1.807) is 0 Å². The number of hydrogen-bond donors (Lipinski definition) is 2. The van der Waals surface area contributed by atoms with Gasteiger partial charge in [-0.25, -0.2) is 0 Å². The molecule has 0 spiro atoms. The van der Waals surface area contributed by atoms with Gasteiger partial charge in [0, 0.05) is 12.5 Å². The molecule has 0 radical (unpaired) electrons. The first kappa shape index (κ1) is 14.5. The van der Waals surface area contributed by atoms with Crippen LogP contribution in [0.25, 0.3) is 0 Å². The Morgan fingerprint density at radius 1 is 1.29 bits per heavy atom. The molecule has 0 saturated heterocycles. The number of carbonyl (C=O) groups is 1. The molecule has 1 aliphatic carbocycles. The summed E-state index contributed by atoms with van der Waals surface area (Å²) < 4.78 is 0. The molecule has 1 fully saturated rings. The third kappa shape index (κ3) is 4.66. The highest BCUT2D eigenvalue weighted by Crippen LogP contribution is 2.24. The van der Waals surface area contributed by atoms with Gasteiger partial charge in [0.05, 0.1) is 0 Å². The van der Waals surface area contributed by atoms with Crippen molar-refractivity contribution in [2.75, 3.05) is 6.54 Å². The van der Waals surface area contributed by atoms with Crippen LogP contribution in [0.5, 0.6) is 0 Å². The summed E-state index contributed by atoms with van der Waals surface area (Å²) in [5, 5.41) is 3.20. The Morgan fingerprint density at radius 2 is 1.94 bits per heavy atom. The predicted molar refractivity (Wildman–Crippen MR) is 71.6 cm³/mol. The summed E-state index contributed by atoms with van der Waals surface area (Å²) in [4.78, 5) is 11.9. The smallest absolute Gasteiger partial charge is 0.220 e. The second-order valence-electron chi connectivity index (χ2n) is 5.34. The summed E-state index contributed by atoms with van der Waals surface area (Å²) in [5.74, 6) is 1.26. The highest BCUT2D eigenvalue weighted by molar-refractivity contribution is 5.76. The molecule has 0 aromatic carbocycles. The van der Waals surface area contributed by atoms with Crippen LogP contribution in [0.3, 0.4) is 0 Å². The van der Waals surface area contributed by atoms with Gasteiger partial charge in [0.1, 0.15) is 0 Å². The molecule has 1 amide bonds. The number of carbonyl (C=O) groups excluding carboxylic acids is 1. The third-order valence-electron chi connectivity index (χ3n) is 4.19. The van der Waals surface area contributed by atoms with Crippen molar-refractivity contribution in [1.29, 1.82) is 0 Å². The first-order chi connectivity index (χ1) is 8.21. The minimum atomic E-state index is 0.226. The number of hydrogen-bond acceptors (Lipinski definition) is 2. The van der Waals surface area contributed by atoms with Gasteiger partial charge in [0.25, 0.3) is 0 Å². The van der Waals surface area contributed by atoms with Crippen LogP contribution < -0.4 is 11.1 Å².